The Bertz CT molecular complexity index is 650. The largest absolute Gasteiger partial charge is 0.388 e. The Hall–Kier alpha value is -1.88. The molecule has 2 aromatic rings. The number of aromatic nitrogens is 4. The van der Waals surface area contributed by atoms with Gasteiger partial charge in [0, 0.05) is 0 Å². The first-order valence-corrected chi connectivity index (χ1v) is 5.80. The molecule has 0 aliphatic carbocycles. The van der Waals surface area contributed by atoms with Gasteiger partial charge in [-0.15, -0.1) is 0 Å². The summed E-state index contributed by atoms with van der Waals surface area (Å²) in [5.41, 5.74) is 5.71. The van der Waals surface area contributed by atoms with Gasteiger partial charge in [0.05, 0.1) is 12.9 Å². The highest BCUT2D eigenvalue weighted by Crippen LogP contribution is 2.27. The van der Waals surface area contributed by atoms with Crippen molar-refractivity contribution in [2.75, 3.05) is 12.3 Å². The van der Waals surface area contributed by atoms with Crippen LogP contribution in [-0.2, 0) is 4.74 Å². The number of aliphatic hydroxyl groups is 3. The lowest BCUT2D eigenvalue weighted by Gasteiger charge is -2.35. The molecule has 3 heterocycles. The second-order valence-corrected chi connectivity index (χ2v) is 4.47. The number of ether oxygens (including phenoxy) is 1. The summed E-state index contributed by atoms with van der Waals surface area (Å²) in [6, 6.07) is 0. The number of imidazole rings is 1. The predicted octanol–water partition coefficient (Wildman–Crippen LogP) is -1.84. The molecule has 0 amide bonds. The number of nitrogens with zero attached hydrogens (tertiary/aromatic N) is 4. The molecule has 1 aliphatic heterocycles. The number of hydrogen-bond acceptors (Lipinski definition) is 8. The Kier molecular flexibility index (Phi) is 3.01. The molecule has 10 heteroatoms. The Morgan fingerprint density at radius 1 is 1.30 bits per heavy atom. The quantitative estimate of drug-likeness (QED) is 0.448. The lowest BCUT2D eigenvalue weighted by molar-refractivity contribution is -0.210. The number of fused-ring (bicyclic) bond motifs is 1. The van der Waals surface area contributed by atoms with Crippen molar-refractivity contribution >= 4 is 17.0 Å². The van der Waals surface area contributed by atoms with Gasteiger partial charge >= 0.3 is 6.08 Å². The molecule has 2 aromatic heterocycles. The number of hydrogen-bond donors (Lipinski definition) is 4. The van der Waals surface area contributed by atoms with Crippen LogP contribution in [0, 0.1) is 6.08 Å². The van der Waals surface area contributed by atoms with Gasteiger partial charge in [0.2, 0.25) is 0 Å². The van der Waals surface area contributed by atoms with Gasteiger partial charge in [-0.2, -0.15) is 14.4 Å². The van der Waals surface area contributed by atoms with Crippen LogP contribution >= 0.6 is 0 Å². The van der Waals surface area contributed by atoms with Crippen molar-refractivity contribution in [1.82, 2.24) is 19.5 Å². The molecule has 1 aliphatic rings. The van der Waals surface area contributed by atoms with Crippen LogP contribution in [0.4, 0.5) is 10.2 Å². The molecule has 5 N–H and O–H groups in total. The van der Waals surface area contributed by atoms with Gasteiger partial charge in [0.1, 0.15) is 18.3 Å². The van der Waals surface area contributed by atoms with Gasteiger partial charge in [-0.25, -0.2) is 4.98 Å². The molecular weight excluding hydrogens is 273 g/mol. The Balaban J connectivity index is 2.06. The zero-order valence-electron chi connectivity index (χ0n) is 10.1. The fourth-order valence-corrected chi connectivity index (χ4v) is 2.13. The zero-order chi connectivity index (χ0) is 14.4. The van der Waals surface area contributed by atoms with Gasteiger partial charge in [0.15, 0.2) is 23.2 Å². The number of nitrogen functional groups attached to an aromatic ring is 1. The summed E-state index contributed by atoms with van der Waals surface area (Å²) in [5, 5.41) is 29.0. The maximum absolute atomic E-state index is 13.2. The Morgan fingerprint density at radius 2 is 2.05 bits per heavy atom. The third-order valence-corrected chi connectivity index (χ3v) is 3.17. The van der Waals surface area contributed by atoms with Crippen LogP contribution in [0.3, 0.4) is 0 Å². The van der Waals surface area contributed by atoms with Gasteiger partial charge in [-0.3, -0.25) is 4.57 Å². The first-order valence-electron chi connectivity index (χ1n) is 5.80. The molecule has 0 spiro atoms. The molecule has 0 bridgehead atoms. The minimum atomic E-state index is -1.42. The van der Waals surface area contributed by atoms with Crippen molar-refractivity contribution < 1.29 is 24.4 Å². The normalized spacial score (nSPS) is 30.8. The summed E-state index contributed by atoms with van der Waals surface area (Å²) >= 11 is 0. The van der Waals surface area contributed by atoms with Gasteiger partial charge in [0.25, 0.3) is 0 Å². The van der Waals surface area contributed by atoms with Crippen molar-refractivity contribution in [3.8, 4) is 0 Å². The summed E-state index contributed by atoms with van der Waals surface area (Å²) in [6.45, 7) is -0.189. The Morgan fingerprint density at radius 3 is 2.80 bits per heavy atom. The first kappa shape index (κ1) is 13.1. The van der Waals surface area contributed by atoms with E-state index in [1.165, 1.54) is 10.9 Å². The molecule has 0 unspecified atom stereocenters. The van der Waals surface area contributed by atoms with Crippen LogP contribution in [0.5, 0.6) is 0 Å². The standard InChI is InChI=1S/C10H12FN5O4/c11-10-14-7(12)4-8(15-10)16(2-13-4)9-6(19)5(18)3(17)1-20-9/h2-3,5-6,9,17-19H,1H2,(H2,12,14,15)/t3-,5+,6+,9-/m1/s1. The second kappa shape index (κ2) is 4.59. The van der Waals surface area contributed by atoms with Crippen molar-refractivity contribution in [2.24, 2.45) is 0 Å². The van der Waals surface area contributed by atoms with Crippen molar-refractivity contribution in [1.29, 1.82) is 0 Å². The molecule has 4 atom stereocenters. The van der Waals surface area contributed by atoms with E-state index < -0.39 is 30.6 Å². The van der Waals surface area contributed by atoms with Gasteiger partial charge in [-0.05, 0) is 0 Å². The molecule has 0 aromatic carbocycles. The smallest absolute Gasteiger partial charge is 0.312 e. The van der Waals surface area contributed by atoms with E-state index in [9.17, 15) is 19.7 Å². The van der Waals surface area contributed by atoms with E-state index in [1.807, 2.05) is 0 Å². The van der Waals surface area contributed by atoms with Crippen LogP contribution in [0.25, 0.3) is 11.2 Å². The lowest BCUT2D eigenvalue weighted by atomic mass is 10.0. The van der Waals surface area contributed by atoms with Crippen LogP contribution in [0.1, 0.15) is 6.23 Å². The van der Waals surface area contributed by atoms with E-state index in [4.69, 9.17) is 10.5 Å². The second-order valence-electron chi connectivity index (χ2n) is 4.47. The van der Waals surface area contributed by atoms with Crippen molar-refractivity contribution in [3.63, 3.8) is 0 Å². The molecule has 0 saturated carbocycles. The van der Waals surface area contributed by atoms with Crippen LogP contribution in [0.15, 0.2) is 6.33 Å². The summed E-state index contributed by atoms with van der Waals surface area (Å²) in [6.07, 6.45) is -4.87. The minimum Gasteiger partial charge on any atom is -0.388 e. The highest BCUT2D eigenvalue weighted by Gasteiger charge is 2.39. The third-order valence-electron chi connectivity index (χ3n) is 3.17. The highest BCUT2D eigenvalue weighted by atomic mass is 19.1. The fraction of sp³-hybridized carbons (Fsp3) is 0.500. The number of anilines is 1. The SMILES string of the molecule is Nc1nc(F)nc2c1ncn2[C@@H]1OC[C@@H](O)[C@H](O)[C@@H]1O. The molecule has 1 saturated heterocycles. The zero-order valence-corrected chi connectivity index (χ0v) is 10.1. The summed E-state index contributed by atoms with van der Waals surface area (Å²) < 4.78 is 19.7. The van der Waals surface area contributed by atoms with Gasteiger partial charge < -0.3 is 25.8 Å². The predicted molar refractivity (Wildman–Crippen MR) is 62.7 cm³/mol. The van der Waals surface area contributed by atoms with E-state index in [2.05, 4.69) is 15.0 Å². The number of halogens is 1. The van der Waals surface area contributed by atoms with Crippen LogP contribution < -0.4 is 5.73 Å². The molecule has 1 fully saturated rings. The molecule has 3 rings (SSSR count). The number of aliphatic hydroxyl groups excluding tert-OH is 3. The topological polar surface area (TPSA) is 140 Å². The molecule has 9 nitrogen and oxygen atoms in total. The highest BCUT2D eigenvalue weighted by molar-refractivity contribution is 5.81. The van der Waals surface area contributed by atoms with Crippen molar-refractivity contribution in [3.05, 3.63) is 12.4 Å². The van der Waals surface area contributed by atoms with E-state index in [0.29, 0.717) is 0 Å². The molecule has 108 valence electrons. The summed E-state index contributed by atoms with van der Waals surface area (Å²) in [5.74, 6) is -0.142. The van der Waals surface area contributed by atoms with E-state index in [-0.39, 0.29) is 23.6 Å². The Labute approximate surface area is 111 Å². The average Bonchev–Trinajstić information content (AvgIpc) is 2.80. The lowest BCUT2D eigenvalue weighted by Crippen LogP contribution is -2.50. The van der Waals surface area contributed by atoms with Gasteiger partial charge in [-0.1, -0.05) is 0 Å². The summed E-state index contributed by atoms with van der Waals surface area (Å²) in [4.78, 5) is 10.8. The molecule has 20 heavy (non-hydrogen) atoms. The minimum absolute atomic E-state index is 0.0302. The maximum Gasteiger partial charge on any atom is 0.312 e. The van der Waals surface area contributed by atoms with Crippen molar-refractivity contribution in [2.45, 2.75) is 24.5 Å². The van der Waals surface area contributed by atoms with E-state index in [0.717, 1.165) is 0 Å². The molecular formula is C10H12FN5O4. The monoisotopic (exact) mass is 285 g/mol. The van der Waals surface area contributed by atoms with Crippen LogP contribution in [0.2, 0.25) is 0 Å². The maximum atomic E-state index is 13.2. The average molecular weight is 285 g/mol. The first-order chi connectivity index (χ1) is 9.49. The van der Waals surface area contributed by atoms with E-state index in [1.54, 1.807) is 0 Å². The number of rotatable bonds is 1. The fourth-order valence-electron chi connectivity index (χ4n) is 2.13. The van der Waals surface area contributed by atoms with Crippen LogP contribution in [-0.4, -0.2) is 59.8 Å². The summed E-state index contributed by atoms with van der Waals surface area (Å²) in [7, 11) is 0. The number of nitrogens with two attached hydrogens (primary N) is 1. The molecule has 0 radical (unpaired) electrons. The van der Waals surface area contributed by atoms with E-state index >= 15 is 0 Å². The third kappa shape index (κ3) is 1.89.